The Morgan fingerprint density at radius 1 is 1.32 bits per heavy atom. The molecule has 0 aliphatic heterocycles. The second kappa shape index (κ2) is 5.23. The van der Waals surface area contributed by atoms with Crippen LogP contribution in [-0.4, -0.2) is 14.0 Å². The lowest BCUT2D eigenvalue weighted by Gasteiger charge is -2.25. The monoisotopic (exact) mass is 282 g/mol. The van der Waals surface area contributed by atoms with E-state index in [0.717, 1.165) is 24.0 Å². The first-order valence-electron chi connectivity index (χ1n) is 6.62. The van der Waals surface area contributed by atoms with E-state index in [2.05, 4.69) is 4.72 Å². The molecule has 4 nitrogen and oxygen atoms in total. The Balaban J connectivity index is 2.07. The quantitative estimate of drug-likeness (QED) is 0.835. The standard InChI is InChI=1S/C14H22N2O2S/c1-14(2,13-6-7-13)16-19(17,18)10-12-5-3-4-11(8-12)9-15/h3-5,8,13,16H,6-7,9-10,15H2,1-2H3. The molecule has 2 rings (SSSR count). The number of benzene rings is 1. The summed E-state index contributed by atoms with van der Waals surface area (Å²) in [6.07, 6.45) is 2.22. The molecule has 1 saturated carbocycles. The fourth-order valence-electron chi connectivity index (χ4n) is 2.39. The van der Waals surface area contributed by atoms with Gasteiger partial charge in [0.05, 0.1) is 5.75 Å². The average molecular weight is 282 g/mol. The third kappa shape index (κ3) is 4.03. The highest BCUT2D eigenvalue weighted by Crippen LogP contribution is 2.39. The van der Waals surface area contributed by atoms with E-state index < -0.39 is 10.0 Å². The summed E-state index contributed by atoms with van der Waals surface area (Å²) in [4.78, 5) is 0. The second-order valence-electron chi connectivity index (χ2n) is 5.88. The van der Waals surface area contributed by atoms with Crippen molar-refractivity contribution in [1.29, 1.82) is 0 Å². The number of hydrogen-bond donors (Lipinski definition) is 2. The molecular weight excluding hydrogens is 260 g/mol. The number of sulfonamides is 1. The number of hydrogen-bond acceptors (Lipinski definition) is 3. The van der Waals surface area contributed by atoms with Crippen LogP contribution in [0.15, 0.2) is 24.3 Å². The van der Waals surface area contributed by atoms with Crippen molar-refractivity contribution in [3.8, 4) is 0 Å². The van der Waals surface area contributed by atoms with Crippen LogP contribution in [0, 0.1) is 5.92 Å². The maximum Gasteiger partial charge on any atom is 0.216 e. The lowest BCUT2D eigenvalue weighted by molar-refractivity contribution is 0.400. The summed E-state index contributed by atoms with van der Waals surface area (Å²) in [6, 6.07) is 7.42. The molecule has 0 atom stereocenters. The molecule has 0 spiro atoms. The SMILES string of the molecule is CC(C)(NS(=O)(=O)Cc1cccc(CN)c1)C1CC1. The van der Waals surface area contributed by atoms with Gasteiger partial charge < -0.3 is 5.73 Å². The van der Waals surface area contributed by atoms with Crippen LogP contribution in [0.1, 0.15) is 37.8 Å². The summed E-state index contributed by atoms with van der Waals surface area (Å²) in [5, 5.41) is 0. The summed E-state index contributed by atoms with van der Waals surface area (Å²) >= 11 is 0. The largest absolute Gasteiger partial charge is 0.326 e. The first kappa shape index (κ1) is 14.5. The third-order valence-corrected chi connectivity index (χ3v) is 5.15. The topological polar surface area (TPSA) is 72.2 Å². The molecule has 0 amide bonds. The van der Waals surface area contributed by atoms with Crippen LogP contribution in [0.5, 0.6) is 0 Å². The van der Waals surface area contributed by atoms with Gasteiger partial charge in [0.1, 0.15) is 0 Å². The van der Waals surface area contributed by atoms with Crippen molar-refractivity contribution < 1.29 is 8.42 Å². The van der Waals surface area contributed by atoms with Gasteiger partial charge in [-0.05, 0) is 43.7 Å². The van der Waals surface area contributed by atoms with Crippen LogP contribution < -0.4 is 10.5 Å². The van der Waals surface area contributed by atoms with Crippen molar-refractivity contribution in [3.63, 3.8) is 0 Å². The van der Waals surface area contributed by atoms with Crippen molar-refractivity contribution >= 4 is 10.0 Å². The number of rotatable bonds is 6. The van der Waals surface area contributed by atoms with Gasteiger partial charge in [-0.2, -0.15) is 0 Å². The molecule has 19 heavy (non-hydrogen) atoms. The van der Waals surface area contributed by atoms with Gasteiger partial charge in [0, 0.05) is 12.1 Å². The average Bonchev–Trinajstić information content (AvgIpc) is 3.10. The van der Waals surface area contributed by atoms with Gasteiger partial charge in [-0.15, -0.1) is 0 Å². The molecule has 0 saturated heterocycles. The summed E-state index contributed by atoms with van der Waals surface area (Å²) in [5.41, 5.74) is 6.96. The Bertz CT molecular complexity index is 548. The van der Waals surface area contributed by atoms with E-state index in [9.17, 15) is 8.42 Å². The van der Waals surface area contributed by atoms with Gasteiger partial charge in [0.15, 0.2) is 0 Å². The molecule has 0 unspecified atom stereocenters. The molecule has 5 heteroatoms. The molecule has 0 heterocycles. The van der Waals surface area contributed by atoms with Gasteiger partial charge in [-0.1, -0.05) is 24.3 Å². The molecule has 0 aromatic heterocycles. The highest BCUT2D eigenvalue weighted by atomic mass is 32.2. The minimum Gasteiger partial charge on any atom is -0.326 e. The van der Waals surface area contributed by atoms with Gasteiger partial charge >= 0.3 is 0 Å². The smallest absolute Gasteiger partial charge is 0.216 e. The maximum atomic E-state index is 12.2. The minimum atomic E-state index is -3.31. The molecule has 3 N–H and O–H groups in total. The van der Waals surface area contributed by atoms with E-state index in [1.165, 1.54) is 0 Å². The third-order valence-electron chi connectivity index (χ3n) is 3.60. The Kier molecular flexibility index (Phi) is 3.99. The second-order valence-corrected chi connectivity index (χ2v) is 7.60. The highest BCUT2D eigenvalue weighted by Gasteiger charge is 2.40. The van der Waals surface area contributed by atoms with E-state index in [0.29, 0.717) is 12.5 Å². The lowest BCUT2D eigenvalue weighted by atomic mass is 10.0. The van der Waals surface area contributed by atoms with Gasteiger partial charge in [-0.25, -0.2) is 13.1 Å². The Hall–Kier alpha value is -0.910. The molecule has 0 bridgehead atoms. The Labute approximate surface area is 115 Å². The molecule has 106 valence electrons. The van der Waals surface area contributed by atoms with Crippen LogP contribution in [0.4, 0.5) is 0 Å². The molecule has 1 aromatic rings. The van der Waals surface area contributed by atoms with Crippen molar-refractivity contribution in [2.45, 2.75) is 44.5 Å². The van der Waals surface area contributed by atoms with E-state index in [1.807, 2.05) is 38.1 Å². The molecule has 0 radical (unpaired) electrons. The first-order chi connectivity index (χ1) is 8.82. The molecule has 1 aromatic carbocycles. The molecule has 1 aliphatic carbocycles. The number of nitrogens with two attached hydrogens (primary N) is 1. The number of nitrogens with one attached hydrogen (secondary N) is 1. The Morgan fingerprint density at radius 3 is 2.53 bits per heavy atom. The van der Waals surface area contributed by atoms with Crippen molar-refractivity contribution in [1.82, 2.24) is 4.72 Å². The van der Waals surface area contributed by atoms with Crippen LogP contribution in [0.2, 0.25) is 0 Å². The molecule has 1 fully saturated rings. The van der Waals surface area contributed by atoms with Gasteiger partial charge in [0.2, 0.25) is 10.0 Å². The summed E-state index contributed by atoms with van der Waals surface area (Å²) in [6.45, 7) is 4.34. The van der Waals surface area contributed by atoms with Gasteiger partial charge in [-0.3, -0.25) is 0 Å². The van der Waals surface area contributed by atoms with Crippen molar-refractivity contribution in [2.24, 2.45) is 11.7 Å². The van der Waals surface area contributed by atoms with Gasteiger partial charge in [0.25, 0.3) is 0 Å². The zero-order valence-corrected chi connectivity index (χ0v) is 12.3. The normalized spacial score (nSPS) is 16.6. The first-order valence-corrected chi connectivity index (χ1v) is 8.27. The fraction of sp³-hybridized carbons (Fsp3) is 0.571. The zero-order valence-electron chi connectivity index (χ0n) is 11.5. The fourth-order valence-corrected chi connectivity index (χ4v) is 4.05. The van der Waals surface area contributed by atoms with Crippen LogP contribution in [-0.2, 0) is 22.3 Å². The predicted molar refractivity (Wildman–Crippen MR) is 76.9 cm³/mol. The molecular formula is C14H22N2O2S. The van der Waals surface area contributed by atoms with Crippen LogP contribution in [0.3, 0.4) is 0 Å². The van der Waals surface area contributed by atoms with Crippen LogP contribution >= 0.6 is 0 Å². The minimum absolute atomic E-state index is 0.0109. The molecule has 1 aliphatic rings. The van der Waals surface area contributed by atoms with E-state index in [1.54, 1.807) is 0 Å². The zero-order chi connectivity index (χ0) is 14.1. The lowest BCUT2D eigenvalue weighted by Crippen LogP contribution is -2.45. The van der Waals surface area contributed by atoms with Crippen LogP contribution in [0.25, 0.3) is 0 Å². The van der Waals surface area contributed by atoms with E-state index >= 15 is 0 Å². The Morgan fingerprint density at radius 2 is 1.95 bits per heavy atom. The maximum absolute atomic E-state index is 12.2. The van der Waals surface area contributed by atoms with E-state index in [4.69, 9.17) is 5.73 Å². The predicted octanol–water partition coefficient (Wildman–Crippen LogP) is 1.75. The summed E-state index contributed by atoms with van der Waals surface area (Å²) in [5.74, 6) is 0.481. The highest BCUT2D eigenvalue weighted by molar-refractivity contribution is 7.88. The summed E-state index contributed by atoms with van der Waals surface area (Å²) < 4.78 is 27.2. The van der Waals surface area contributed by atoms with E-state index in [-0.39, 0.29) is 11.3 Å². The summed E-state index contributed by atoms with van der Waals surface area (Å²) in [7, 11) is -3.31. The van der Waals surface area contributed by atoms with Crippen molar-refractivity contribution in [2.75, 3.05) is 0 Å². The van der Waals surface area contributed by atoms with Crippen molar-refractivity contribution in [3.05, 3.63) is 35.4 Å².